The summed E-state index contributed by atoms with van der Waals surface area (Å²) in [4.78, 5) is 17.5. The van der Waals surface area contributed by atoms with Crippen molar-refractivity contribution in [3.8, 4) is 0 Å². The molecule has 0 bridgehead atoms. The minimum atomic E-state index is -4.41. The first-order valence-corrected chi connectivity index (χ1v) is 9.76. The van der Waals surface area contributed by atoms with E-state index in [-0.39, 0.29) is 16.8 Å². The summed E-state index contributed by atoms with van der Waals surface area (Å²) in [6.07, 6.45) is -0.562. The third kappa shape index (κ3) is 3.40. The molecule has 1 amide bonds. The van der Waals surface area contributed by atoms with Crippen molar-refractivity contribution in [2.75, 3.05) is 25.9 Å². The van der Waals surface area contributed by atoms with Crippen molar-refractivity contribution in [1.29, 1.82) is 0 Å². The van der Waals surface area contributed by atoms with Gasteiger partial charge in [0.05, 0.1) is 5.56 Å². The quantitative estimate of drug-likeness (QED) is 0.732. The van der Waals surface area contributed by atoms with Crippen molar-refractivity contribution in [3.05, 3.63) is 28.8 Å². The largest absolute Gasteiger partial charge is 0.417 e. The number of halogens is 3. The van der Waals surface area contributed by atoms with Gasteiger partial charge in [-0.2, -0.15) is 13.2 Å². The summed E-state index contributed by atoms with van der Waals surface area (Å²) >= 11 is 1.04. The van der Waals surface area contributed by atoms with Gasteiger partial charge in [0.25, 0.3) is 5.91 Å². The van der Waals surface area contributed by atoms with Crippen LogP contribution >= 0.6 is 11.8 Å². The zero-order valence-corrected chi connectivity index (χ0v) is 15.5. The minimum absolute atomic E-state index is 0.0706. The lowest BCUT2D eigenvalue weighted by atomic mass is 10.0. The minimum Gasteiger partial charge on any atom is -0.333 e. The van der Waals surface area contributed by atoms with Crippen LogP contribution in [0.4, 0.5) is 13.2 Å². The third-order valence-electron chi connectivity index (χ3n) is 5.34. The Labute approximate surface area is 150 Å². The summed E-state index contributed by atoms with van der Waals surface area (Å²) < 4.78 is 39.6. The second-order valence-electron chi connectivity index (χ2n) is 6.91. The Morgan fingerprint density at radius 2 is 2.00 bits per heavy atom. The Morgan fingerprint density at radius 3 is 2.64 bits per heavy atom. The van der Waals surface area contributed by atoms with E-state index >= 15 is 0 Å². The van der Waals surface area contributed by atoms with Gasteiger partial charge in [0.1, 0.15) is 0 Å². The van der Waals surface area contributed by atoms with E-state index in [2.05, 4.69) is 4.90 Å². The lowest BCUT2D eigenvalue weighted by Crippen LogP contribution is -2.56. The number of amides is 1. The monoisotopic (exact) mass is 372 g/mol. The molecule has 138 valence electrons. The Hall–Kier alpha value is -1.21. The fraction of sp³-hybridized carbons (Fsp3) is 0.611. The maximum Gasteiger partial charge on any atom is 0.417 e. The van der Waals surface area contributed by atoms with Crippen LogP contribution in [0.5, 0.6) is 0 Å². The van der Waals surface area contributed by atoms with E-state index in [0.29, 0.717) is 23.7 Å². The molecule has 0 radical (unpaired) electrons. The van der Waals surface area contributed by atoms with Crippen LogP contribution in [-0.4, -0.2) is 53.7 Å². The first kappa shape index (κ1) is 18.6. The van der Waals surface area contributed by atoms with E-state index < -0.39 is 11.7 Å². The van der Waals surface area contributed by atoms with Gasteiger partial charge in [-0.3, -0.25) is 9.69 Å². The molecule has 2 aliphatic rings. The Morgan fingerprint density at radius 1 is 1.28 bits per heavy atom. The molecule has 7 heteroatoms. The maximum absolute atomic E-state index is 13.2. The first-order chi connectivity index (χ1) is 11.7. The second-order valence-corrected chi connectivity index (χ2v) is 7.73. The van der Waals surface area contributed by atoms with Crippen LogP contribution in [-0.2, 0) is 6.18 Å². The van der Waals surface area contributed by atoms with Crippen LogP contribution in [0.2, 0.25) is 0 Å². The molecule has 1 aromatic carbocycles. The van der Waals surface area contributed by atoms with Crippen molar-refractivity contribution >= 4 is 17.7 Å². The molecule has 3 nitrogen and oxygen atoms in total. The first-order valence-electron chi connectivity index (χ1n) is 8.53. The average Bonchev–Trinajstić information content (AvgIpc) is 2.99. The predicted octanol–water partition coefficient (Wildman–Crippen LogP) is 4.04. The highest BCUT2D eigenvalue weighted by Gasteiger charge is 2.38. The van der Waals surface area contributed by atoms with E-state index in [1.54, 1.807) is 13.2 Å². The van der Waals surface area contributed by atoms with E-state index in [1.807, 2.05) is 11.8 Å². The average molecular weight is 372 g/mol. The van der Waals surface area contributed by atoms with Crippen LogP contribution < -0.4 is 0 Å². The Bertz CT molecular complexity index is 677. The van der Waals surface area contributed by atoms with Crippen molar-refractivity contribution in [2.24, 2.45) is 0 Å². The van der Waals surface area contributed by atoms with Gasteiger partial charge in [0, 0.05) is 35.6 Å². The molecule has 3 rings (SSSR count). The van der Waals surface area contributed by atoms with Crippen molar-refractivity contribution < 1.29 is 18.0 Å². The number of thioether (sulfide) groups is 1. The molecule has 2 fully saturated rings. The van der Waals surface area contributed by atoms with Crippen LogP contribution in [0.3, 0.4) is 0 Å². The van der Waals surface area contributed by atoms with Gasteiger partial charge in [-0.1, -0.05) is 0 Å². The highest BCUT2D eigenvalue weighted by atomic mass is 32.2. The number of nitrogens with zero attached hydrogens (tertiary/aromatic N) is 2. The summed E-state index contributed by atoms with van der Waals surface area (Å²) in [5.74, 6) is -0.152. The molecule has 1 aromatic rings. The number of alkyl halides is 3. The standard InChI is InChI=1S/C18H23F3N2OS/c1-11-9-22-8-4-5-13(22)10-23(11)17(24)14-6-7-15(18(19,20)21)16(25-3)12(14)2/h6-7,11,13H,4-5,8-10H2,1-3H3. The maximum atomic E-state index is 13.2. The number of rotatable bonds is 2. The molecule has 0 aromatic heterocycles. The van der Waals surface area contributed by atoms with Crippen LogP contribution in [0, 0.1) is 6.92 Å². The molecule has 0 aliphatic carbocycles. The van der Waals surface area contributed by atoms with Crippen molar-refractivity contribution in [1.82, 2.24) is 9.80 Å². The van der Waals surface area contributed by atoms with Gasteiger partial charge in [-0.25, -0.2) is 0 Å². The summed E-state index contributed by atoms with van der Waals surface area (Å²) in [7, 11) is 0. The number of piperazine rings is 1. The SMILES string of the molecule is CSc1c(C(F)(F)F)ccc(C(=O)N2CC3CCCN3CC2C)c1C. The van der Waals surface area contributed by atoms with Gasteiger partial charge in [0.2, 0.25) is 0 Å². The molecule has 2 aliphatic heterocycles. The van der Waals surface area contributed by atoms with E-state index in [1.165, 1.54) is 6.07 Å². The van der Waals surface area contributed by atoms with Crippen LogP contribution in [0.25, 0.3) is 0 Å². The van der Waals surface area contributed by atoms with Gasteiger partial charge in [-0.15, -0.1) is 11.8 Å². The molecule has 25 heavy (non-hydrogen) atoms. The lowest BCUT2D eigenvalue weighted by molar-refractivity contribution is -0.139. The molecule has 2 heterocycles. The lowest BCUT2D eigenvalue weighted by Gasteiger charge is -2.42. The molecule has 0 spiro atoms. The number of carbonyl (C=O) groups excluding carboxylic acids is 1. The fourth-order valence-electron chi connectivity index (χ4n) is 4.03. The molecule has 2 unspecified atom stereocenters. The zero-order valence-electron chi connectivity index (χ0n) is 14.7. The van der Waals surface area contributed by atoms with Gasteiger partial charge < -0.3 is 4.90 Å². The number of carbonyl (C=O) groups is 1. The number of fused-ring (bicyclic) bond motifs is 1. The second kappa shape index (κ2) is 6.83. The number of benzene rings is 1. The predicted molar refractivity (Wildman–Crippen MR) is 93.1 cm³/mol. The number of hydrogen-bond acceptors (Lipinski definition) is 3. The molecule has 2 atom stereocenters. The summed E-state index contributed by atoms with van der Waals surface area (Å²) in [5, 5.41) is 0. The molecule has 0 N–H and O–H groups in total. The van der Waals surface area contributed by atoms with Gasteiger partial charge in [-0.05, 0) is 57.2 Å². The highest BCUT2D eigenvalue weighted by molar-refractivity contribution is 7.98. The third-order valence-corrected chi connectivity index (χ3v) is 6.28. The van der Waals surface area contributed by atoms with Crippen LogP contribution in [0.1, 0.15) is 41.3 Å². The fourth-order valence-corrected chi connectivity index (χ4v) is 4.85. The van der Waals surface area contributed by atoms with Crippen molar-refractivity contribution in [3.63, 3.8) is 0 Å². The molecule has 0 saturated carbocycles. The smallest absolute Gasteiger partial charge is 0.333 e. The normalized spacial score (nSPS) is 24.5. The zero-order chi connectivity index (χ0) is 18.4. The number of hydrogen-bond donors (Lipinski definition) is 0. The topological polar surface area (TPSA) is 23.6 Å². The van der Waals surface area contributed by atoms with E-state index in [9.17, 15) is 18.0 Å². The van der Waals surface area contributed by atoms with E-state index in [4.69, 9.17) is 0 Å². The summed E-state index contributed by atoms with van der Waals surface area (Å²) in [5.41, 5.74) is 0.145. The van der Waals surface area contributed by atoms with E-state index in [0.717, 1.165) is 43.8 Å². The molecule has 2 saturated heterocycles. The van der Waals surface area contributed by atoms with Crippen molar-refractivity contribution in [2.45, 2.75) is 49.8 Å². The highest BCUT2D eigenvalue weighted by Crippen LogP contribution is 2.39. The Balaban J connectivity index is 1.92. The van der Waals surface area contributed by atoms with Gasteiger partial charge >= 0.3 is 6.18 Å². The van der Waals surface area contributed by atoms with Gasteiger partial charge in [0.15, 0.2) is 0 Å². The Kier molecular flexibility index (Phi) is 5.08. The summed E-state index contributed by atoms with van der Waals surface area (Å²) in [6, 6.07) is 2.84. The molecular weight excluding hydrogens is 349 g/mol. The van der Waals surface area contributed by atoms with Crippen LogP contribution in [0.15, 0.2) is 17.0 Å². The summed E-state index contributed by atoms with van der Waals surface area (Å²) in [6.45, 7) is 6.21. The molecular formula is C18H23F3N2OS.